The van der Waals surface area contributed by atoms with E-state index in [1.165, 1.54) is 12.1 Å². The Balaban J connectivity index is 1.57. The molecule has 0 bridgehead atoms. The molecular weight excluding hydrogens is 477 g/mol. The van der Waals surface area contributed by atoms with Crippen LogP contribution < -0.4 is 9.47 Å². The van der Waals surface area contributed by atoms with Gasteiger partial charge < -0.3 is 14.2 Å². The largest absolute Gasteiger partial charge is 0.490 e. The van der Waals surface area contributed by atoms with Crippen molar-refractivity contribution in [3.63, 3.8) is 0 Å². The van der Waals surface area contributed by atoms with Gasteiger partial charge in [-0.15, -0.1) is 0 Å². The molecule has 0 aliphatic carbocycles. The van der Waals surface area contributed by atoms with Crippen LogP contribution in [0, 0.1) is 5.82 Å². The molecule has 3 aromatic rings. The van der Waals surface area contributed by atoms with Crippen LogP contribution in [0.5, 0.6) is 11.5 Å². The Morgan fingerprint density at radius 2 is 1.88 bits per heavy atom. The van der Waals surface area contributed by atoms with Gasteiger partial charge in [-0.25, -0.2) is 14.2 Å². The summed E-state index contributed by atoms with van der Waals surface area (Å²) in [6, 6.07) is 19.2. The number of esters is 1. The minimum Gasteiger partial charge on any atom is -0.490 e. The number of hydrogen-bond acceptors (Lipinski definition) is 5. The maximum Gasteiger partial charge on any atom is 0.363 e. The SMILES string of the molecule is CCOc1cc(/C=C2\N=C(c3ccccc3F)OC2=O)ccc1OCc1cccc(Br)c1. The Labute approximate surface area is 193 Å². The molecule has 0 fully saturated rings. The summed E-state index contributed by atoms with van der Waals surface area (Å²) in [5.74, 6) is -0.0829. The number of cyclic esters (lactones) is 1. The number of ether oxygens (including phenoxy) is 3. The summed E-state index contributed by atoms with van der Waals surface area (Å²) < 4.78 is 31.8. The summed E-state index contributed by atoms with van der Waals surface area (Å²) in [6.45, 7) is 2.70. The molecule has 32 heavy (non-hydrogen) atoms. The fourth-order valence-corrected chi connectivity index (χ4v) is 3.55. The quantitative estimate of drug-likeness (QED) is 0.302. The summed E-state index contributed by atoms with van der Waals surface area (Å²) >= 11 is 3.45. The second kappa shape index (κ2) is 9.78. The third-order valence-corrected chi connectivity index (χ3v) is 5.07. The molecular formula is C25H19BrFNO4. The minimum atomic E-state index is -0.642. The first-order valence-electron chi connectivity index (χ1n) is 9.95. The van der Waals surface area contributed by atoms with E-state index in [0.29, 0.717) is 30.3 Å². The minimum absolute atomic E-state index is 0.0571. The van der Waals surface area contributed by atoms with Gasteiger partial charge in [-0.05, 0) is 60.5 Å². The smallest absolute Gasteiger partial charge is 0.363 e. The molecule has 1 aliphatic rings. The second-order valence-electron chi connectivity index (χ2n) is 6.87. The fourth-order valence-electron chi connectivity index (χ4n) is 3.11. The van der Waals surface area contributed by atoms with Gasteiger partial charge in [-0.2, -0.15) is 0 Å². The highest BCUT2D eigenvalue weighted by molar-refractivity contribution is 9.10. The molecule has 0 radical (unpaired) electrons. The maximum atomic E-state index is 14.0. The zero-order chi connectivity index (χ0) is 22.5. The van der Waals surface area contributed by atoms with E-state index >= 15 is 0 Å². The zero-order valence-electron chi connectivity index (χ0n) is 17.2. The van der Waals surface area contributed by atoms with Gasteiger partial charge in [0.25, 0.3) is 0 Å². The summed E-state index contributed by atoms with van der Waals surface area (Å²) in [7, 11) is 0. The molecule has 5 nitrogen and oxygen atoms in total. The highest BCUT2D eigenvalue weighted by atomic mass is 79.9. The molecule has 0 atom stereocenters. The lowest BCUT2D eigenvalue weighted by molar-refractivity contribution is -0.129. The van der Waals surface area contributed by atoms with Crippen LogP contribution in [0.25, 0.3) is 6.08 Å². The molecule has 162 valence electrons. The van der Waals surface area contributed by atoms with Crippen LogP contribution in [-0.2, 0) is 16.1 Å². The van der Waals surface area contributed by atoms with Crippen LogP contribution >= 0.6 is 15.9 Å². The standard InChI is InChI=1S/C25H19BrFNO4/c1-2-30-23-14-16(10-11-22(23)31-15-17-6-5-7-18(26)12-17)13-21-25(29)32-24(28-21)19-8-3-4-9-20(19)27/h3-14H,2,15H2,1H3/b21-13-. The highest BCUT2D eigenvalue weighted by Gasteiger charge is 2.26. The van der Waals surface area contributed by atoms with Crippen molar-refractivity contribution < 1.29 is 23.4 Å². The van der Waals surface area contributed by atoms with E-state index in [0.717, 1.165) is 10.0 Å². The fraction of sp³-hybridized carbons (Fsp3) is 0.120. The van der Waals surface area contributed by atoms with Crippen molar-refractivity contribution >= 4 is 33.9 Å². The van der Waals surface area contributed by atoms with Crippen LogP contribution in [0.2, 0.25) is 0 Å². The monoisotopic (exact) mass is 495 g/mol. The first kappa shape index (κ1) is 21.8. The lowest BCUT2D eigenvalue weighted by atomic mass is 10.1. The Bertz CT molecular complexity index is 1220. The van der Waals surface area contributed by atoms with Crippen LogP contribution in [-0.4, -0.2) is 18.5 Å². The third kappa shape index (κ3) is 5.06. The summed E-state index contributed by atoms with van der Waals surface area (Å²) in [5, 5.41) is 0. The van der Waals surface area contributed by atoms with Gasteiger partial charge >= 0.3 is 5.97 Å². The number of nitrogens with zero attached hydrogens (tertiary/aromatic N) is 1. The van der Waals surface area contributed by atoms with E-state index < -0.39 is 11.8 Å². The second-order valence-corrected chi connectivity index (χ2v) is 7.79. The van der Waals surface area contributed by atoms with Crippen molar-refractivity contribution in [1.82, 2.24) is 0 Å². The third-order valence-electron chi connectivity index (χ3n) is 4.58. The van der Waals surface area contributed by atoms with Crippen LogP contribution in [0.1, 0.15) is 23.6 Å². The molecule has 0 amide bonds. The molecule has 0 saturated heterocycles. The topological polar surface area (TPSA) is 57.1 Å². The predicted molar refractivity (Wildman–Crippen MR) is 123 cm³/mol. The summed E-state index contributed by atoms with van der Waals surface area (Å²) in [4.78, 5) is 16.4. The zero-order valence-corrected chi connectivity index (χ0v) is 18.8. The lowest BCUT2D eigenvalue weighted by Crippen LogP contribution is -2.07. The molecule has 0 aromatic heterocycles. The van der Waals surface area contributed by atoms with E-state index in [-0.39, 0.29) is 17.2 Å². The predicted octanol–water partition coefficient (Wildman–Crippen LogP) is 5.91. The van der Waals surface area contributed by atoms with E-state index in [4.69, 9.17) is 14.2 Å². The van der Waals surface area contributed by atoms with Gasteiger partial charge in [0, 0.05) is 4.47 Å². The van der Waals surface area contributed by atoms with Crippen LogP contribution in [0.4, 0.5) is 4.39 Å². The van der Waals surface area contributed by atoms with E-state index in [1.54, 1.807) is 36.4 Å². The summed E-state index contributed by atoms with van der Waals surface area (Å²) in [5.41, 5.74) is 1.90. The normalized spacial score (nSPS) is 14.3. The first-order valence-corrected chi connectivity index (χ1v) is 10.7. The molecule has 3 aromatic carbocycles. The Kier molecular flexibility index (Phi) is 6.66. The Morgan fingerprint density at radius 3 is 2.66 bits per heavy atom. The molecule has 1 aliphatic heterocycles. The highest BCUT2D eigenvalue weighted by Crippen LogP contribution is 2.31. The van der Waals surface area contributed by atoms with Crippen molar-refractivity contribution in [3.8, 4) is 11.5 Å². The number of carbonyl (C=O) groups excluding carboxylic acids is 1. The molecule has 7 heteroatoms. The molecule has 0 N–H and O–H groups in total. The number of halogens is 2. The summed E-state index contributed by atoms with van der Waals surface area (Å²) in [6.07, 6.45) is 1.57. The number of benzene rings is 3. The van der Waals surface area contributed by atoms with Gasteiger partial charge in [-0.1, -0.05) is 46.3 Å². The van der Waals surface area contributed by atoms with E-state index in [1.807, 2.05) is 31.2 Å². The average molecular weight is 496 g/mol. The van der Waals surface area contributed by atoms with Crippen molar-refractivity contribution in [1.29, 1.82) is 0 Å². The average Bonchev–Trinajstić information content (AvgIpc) is 3.13. The van der Waals surface area contributed by atoms with Crippen molar-refractivity contribution in [3.05, 3.63) is 99.4 Å². The Morgan fingerprint density at radius 1 is 1.03 bits per heavy atom. The van der Waals surface area contributed by atoms with Crippen molar-refractivity contribution in [2.24, 2.45) is 4.99 Å². The number of rotatable bonds is 7. The van der Waals surface area contributed by atoms with Gasteiger partial charge in [-0.3, -0.25) is 0 Å². The van der Waals surface area contributed by atoms with Gasteiger partial charge in [0.2, 0.25) is 5.90 Å². The van der Waals surface area contributed by atoms with Crippen LogP contribution in [0.15, 0.2) is 81.9 Å². The number of aliphatic imine (C=N–C) groups is 1. The molecule has 0 unspecified atom stereocenters. The lowest BCUT2D eigenvalue weighted by Gasteiger charge is -2.13. The van der Waals surface area contributed by atoms with Gasteiger partial charge in [0.05, 0.1) is 12.2 Å². The first-order chi connectivity index (χ1) is 15.5. The number of carbonyl (C=O) groups is 1. The van der Waals surface area contributed by atoms with Gasteiger partial charge in [0.1, 0.15) is 12.4 Å². The van der Waals surface area contributed by atoms with E-state index in [2.05, 4.69) is 20.9 Å². The van der Waals surface area contributed by atoms with Crippen molar-refractivity contribution in [2.75, 3.05) is 6.61 Å². The maximum absolute atomic E-state index is 14.0. The van der Waals surface area contributed by atoms with E-state index in [9.17, 15) is 9.18 Å². The molecule has 0 spiro atoms. The molecule has 4 rings (SSSR count). The van der Waals surface area contributed by atoms with Crippen molar-refractivity contribution in [2.45, 2.75) is 13.5 Å². The Hall–Kier alpha value is -3.45. The van der Waals surface area contributed by atoms with Crippen LogP contribution in [0.3, 0.4) is 0 Å². The molecule has 0 saturated carbocycles. The van der Waals surface area contributed by atoms with Gasteiger partial charge in [0.15, 0.2) is 17.2 Å². The number of hydrogen-bond donors (Lipinski definition) is 0. The molecule has 1 heterocycles.